The monoisotopic (exact) mass is 284 g/mol. The molecule has 1 aromatic carbocycles. The van der Waals surface area contributed by atoms with E-state index in [1.807, 2.05) is 18.6 Å². The van der Waals surface area contributed by atoms with E-state index < -0.39 is 0 Å². The van der Waals surface area contributed by atoms with E-state index in [-0.39, 0.29) is 0 Å². The number of unbranched alkanes of at least 4 members (excludes halogenated alkanes) is 1. The zero-order chi connectivity index (χ0) is 12.8. The van der Waals surface area contributed by atoms with Crippen molar-refractivity contribution in [2.75, 3.05) is 6.61 Å². The maximum atomic E-state index is 5.90. The van der Waals surface area contributed by atoms with E-state index in [1.54, 1.807) is 18.3 Å². The molecule has 2 aromatic rings. The first-order valence-electron chi connectivity index (χ1n) is 5.79. The number of ether oxygens (including phenoxy) is 1. The Labute approximate surface area is 116 Å². The quantitative estimate of drug-likeness (QED) is 0.749. The van der Waals surface area contributed by atoms with E-state index in [2.05, 4.69) is 9.55 Å². The molecule has 3 nitrogen and oxygen atoms in total. The number of aromatic nitrogens is 2. The lowest BCUT2D eigenvalue weighted by atomic mass is 10.3. The maximum absolute atomic E-state index is 5.90. The molecule has 0 radical (unpaired) electrons. The zero-order valence-corrected chi connectivity index (χ0v) is 11.4. The van der Waals surface area contributed by atoms with Crippen LogP contribution in [0.15, 0.2) is 36.9 Å². The average Bonchev–Trinajstić information content (AvgIpc) is 2.86. The number of hydrogen-bond donors (Lipinski definition) is 0. The van der Waals surface area contributed by atoms with Gasteiger partial charge in [-0.1, -0.05) is 23.2 Å². The minimum Gasteiger partial charge on any atom is -0.494 e. The van der Waals surface area contributed by atoms with E-state index in [1.165, 1.54) is 0 Å². The predicted molar refractivity (Wildman–Crippen MR) is 73.4 cm³/mol. The Morgan fingerprint density at radius 3 is 2.78 bits per heavy atom. The number of aryl methyl sites for hydroxylation is 1. The molecule has 0 fully saturated rings. The van der Waals surface area contributed by atoms with E-state index >= 15 is 0 Å². The van der Waals surface area contributed by atoms with Crippen LogP contribution in [0.4, 0.5) is 0 Å². The molecule has 0 amide bonds. The molecule has 2 rings (SSSR count). The highest BCUT2D eigenvalue weighted by atomic mass is 35.5. The molecule has 0 aliphatic rings. The minimum absolute atomic E-state index is 0.521. The summed E-state index contributed by atoms with van der Waals surface area (Å²) in [6.07, 6.45) is 7.60. The second-order valence-electron chi connectivity index (χ2n) is 3.93. The first kappa shape index (κ1) is 13.2. The van der Waals surface area contributed by atoms with Gasteiger partial charge in [0, 0.05) is 25.0 Å². The van der Waals surface area contributed by atoms with E-state index in [0.717, 1.165) is 25.1 Å². The van der Waals surface area contributed by atoms with Gasteiger partial charge < -0.3 is 9.30 Å². The van der Waals surface area contributed by atoms with Crippen molar-refractivity contribution in [3.8, 4) is 5.75 Å². The highest BCUT2D eigenvalue weighted by Gasteiger charge is 2.00. The minimum atomic E-state index is 0.521. The normalized spacial score (nSPS) is 10.6. The van der Waals surface area contributed by atoms with Gasteiger partial charge in [0.1, 0.15) is 5.75 Å². The Kier molecular flexibility index (Phi) is 4.90. The van der Waals surface area contributed by atoms with Crippen molar-refractivity contribution in [3.63, 3.8) is 0 Å². The zero-order valence-electron chi connectivity index (χ0n) is 9.85. The number of hydrogen-bond acceptors (Lipinski definition) is 2. The third-order valence-corrected chi connectivity index (χ3v) is 3.27. The molecule has 0 bridgehead atoms. The van der Waals surface area contributed by atoms with Crippen molar-refractivity contribution in [1.82, 2.24) is 9.55 Å². The van der Waals surface area contributed by atoms with Gasteiger partial charge in [0.25, 0.3) is 0 Å². The number of imidazole rings is 1. The molecule has 0 spiro atoms. The van der Waals surface area contributed by atoms with Gasteiger partial charge in [0.05, 0.1) is 23.0 Å². The van der Waals surface area contributed by atoms with Crippen molar-refractivity contribution in [3.05, 3.63) is 47.0 Å². The van der Waals surface area contributed by atoms with Crippen molar-refractivity contribution in [1.29, 1.82) is 0 Å². The third kappa shape index (κ3) is 3.93. The maximum Gasteiger partial charge on any atom is 0.120 e. The van der Waals surface area contributed by atoms with Crippen molar-refractivity contribution < 1.29 is 4.74 Å². The van der Waals surface area contributed by atoms with Crippen LogP contribution in [0.3, 0.4) is 0 Å². The lowest BCUT2D eigenvalue weighted by molar-refractivity contribution is 0.303. The Morgan fingerprint density at radius 1 is 1.17 bits per heavy atom. The second kappa shape index (κ2) is 6.66. The van der Waals surface area contributed by atoms with Gasteiger partial charge in [-0.25, -0.2) is 4.98 Å². The molecule has 1 heterocycles. The van der Waals surface area contributed by atoms with Crippen LogP contribution < -0.4 is 4.74 Å². The molecule has 0 atom stereocenters. The lowest BCUT2D eigenvalue weighted by Gasteiger charge is -2.07. The van der Waals surface area contributed by atoms with Crippen molar-refractivity contribution in [2.24, 2.45) is 0 Å². The van der Waals surface area contributed by atoms with E-state index in [4.69, 9.17) is 27.9 Å². The summed E-state index contributed by atoms with van der Waals surface area (Å²) in [5, 5.41) is 1.07. The SMILES string of the molecule is Clc1ccc(OCCCCn2ccnc2)cc1Cl. The molecular formula is C13H14Cl2N2O. The number of rotatable bonds is 6. The van der Waals surface area contributed by atoms with Crippen LogP contribution in [0.25, 0.3) is 0 Å². The number of halogens is 2. The summed E-state index contributed by atoms with van der Waals surface area (Å²) in [7, 11) is 0. The molecule has 0 unspecified atom stereocenters. The standard InChI is InChI=1S/C13H14Cl2N2O/c14-12-4-3-11(9-13(12)15)18-8-2-1-6-17-7-5-16-10-17/h3-5,7,9-10H,1-2,6,8H2. The fraction of sp³-hybridized carbons (Fsp3) is 0.308. The molecule has 18 heavy (non-hydrogen) atoms. The smallest absolute Gasteiger partial charge is 0.120 e. The summed E-state index contributed by atoms with van der Waals surface area (Å²) in [5.41, 5.74) is 0. The topological polar surface area (TPSA) is 27.1 Å². The van der Waals surface area contributed by atoms with Crippen LogP contribution in [-0.4, -0.2) is 16.2 Å². The Balaban J connectivity index is 1.67. The van der Waals surface area contributed by atoms with Gasteiger partial charge in [-0.2, -0.15) is 0 Å². The molecule has 1 aromatic heterocycles. The summed E-state index contributed by atoms with van der Waals surface area (Å²) in [6, 6.07) is 5.30. The van der Waals surface area contributed by atoms with Gasteiger partial charge in [-0.3, -0.25) is 0 Å². The summed E-state index contributed by atoms with van der Waals surface area (Å²) < 4.78 is 7.65. The molecule has 0 saturated heterocycles. The highest BCUT2D eigenvalue weighted by Crippen LogP contribution is 2.26. The molecule has 96 valence electrons. The largest absolute Gasteiger partial charge is 0.494 e. The fourth-order valence-electron chi connectivity index (χ4n) is 1.57. The fourth-order valence-corrected chi connectivity index (χ4v) is 1.86. The summed E-state index contributed by atoms with van der Waals surface area (Å²) in [6.45, 7) is 1.64. The summed E-state index contributed by atoms with van der Waals surface area (Å²) in [5.74, 6) is 0.757. The van der Waals surface area contributed by atoms with Crippen LogP contribution >= 0.6 is 23.2 Å². The van der Waals surface area contributed by atoms with Gasteiger partial charge in [0.15, 0.2) is 0 Å². The van der Waals surface area contributed by atoms with E-state index in [9.17, 15) is 0 Å². The van der Waals surface area contributed by atoms with Crippen LogP contribution in [-0.2, 0) is 6.54 Å². The Hall–Kier alpha value is -1.19. The average molecular weight is 285 g/mol. The van der Waals surface area contributed by atoms with Crippen LogP contribution in [0.5, 0.6) is 5.75 Å². The van der Waals surface area contributed by atoms with Crippen LogP contribution in [0.2, 0.25) is 10.0 Å². The summed E-state index contributed by atoms with van der Waals surface area (Å²) in [4.78, 5) is 3.99. The van der Waals surface area contributed by atoms with Gasteiger partial charge in [-0.05, 0) is 25.0 Å². The van der Waals surface area contributed by atoms with Crippen molar-refractivity contribution >= 4 is 23.2 Å². The molecule has 0 saturated carbocycles. The molecular weight excluding hydrogens is 271 g/mol. The molecule has 0 aliphatic carbocycles. The van der Waals surface area contributed by atoms with Crippen LogP contribution in [0, 0.1) is 0 Å². The number of benzene rings is 1. The molecule has 0 N–H and O–H groups in total. The second-order valence-corrected chi connectivity index (χ2v) is 4.75. The van der Waals surface area contributed by atoms with E-state index in [0.29, 0.717) is 16.7 Å². The Bertz CT molecular complexity index is 486. The first-order valence-corrected chi connectivity index (χ1v) is 6.55. The van der Waals surface area contributed by atoms with Crippen molar-refractivity contribution in [2.45, 2.75) is 19.4 Å². The highest BCUT2D eigenvalue weighted by molar-refractivity contribution is 6.42. The first-order chi connectivity index (χ1) is 8.75. The van der Waals surface area contributed by atoms with Gasteiger partial charge >= 0.3 is 0 Å². The van der Waals surface area contributed by atoms with Gasteiger partial charge in [0.2, 0.25) is 0 Å². The third-order valence-electron chi connectivity index (χ3n) is 2.53. The van der Waals surface area contributed by atoms with Gasteiger partial charge in [-0.15, -0.1) is 0 Å². The van der Waals surface area contributed by atoms with Crippen LogP contribution in [0.1, 0.15) is 12.8 Å². The Morgan fingerprint density at radius 2 is 2.06 bits per heavy atom. The summed E-state index contributed by atoms with van der Waals surface area (Å²) >= 11 is 11.7. The predicted octanol–water partition coefficient (Wildman–Crippen LogP) is 4.05. The molecule has 0 aliphatic heterocycles. The lowest BCUT2D eigenvalue weighted by Crippen LogP contribution is -2.00. The number of nitrogens with zero attached hydrogens (tertiary/aromatic N) is 2. The molecule has 5 heteroatoms.